The molecule has 1 aromatic heterocycles. The molecule has 0 aliphatic heterocycles. The quantitative estimate of drug-likeness (QED) is 0.608. The second kappa shape index (κ2) is 5.44. The van der Waals surface area contributed by atoms with Crippen molar-refractivity contribution in [1.82, 2.24) is 0 Å². The van der Waals surface area contributed by atoms with E-state index in [-0.39, 0.29) is 11.0 Å². The molecule has 0 aliphatic rings. The van der Waals surface area contributed by atoms with Crippen LogP contribution >= 0.6 is 11.8 Å². The lowest BCUT2D eigenvalue weighted by molar-refractivity contribution is 0.0994. The highest BCUT2D eigenvalue weighted by molar-refractivity contribution is 8.00. The van der Waals surface area contributed by atoms with Gasteiger partial charge in [-0.2, -0.15) is 0 Å². The highest BCUT2D eigenvalue weighted by atomic mass is 32.2. The largest absolute Gasteiger partial charge is 0.468 e. The summed E-state index contributed by atoms with van der Waals surface area (Å²) in [5, 5.41) is -0.107. The molecule has 3 heteroatoms. The number of carbonyl (C=O) groups excluding carboxylic acids is 1. The van der Waals surface area contributed by atoms with E-state index in [2.05, 4.69) is 0 Å². The summed E-state index contributed by atoms with van der Waals surface area (Å²) in [6, 6.07) is 9.61. The third-order valence-corrected chi connectivity index (χ3v) is 4.07. The maximum Gasteiger partial charge on any atom is 0.175 e. The van der Waals surface area contributed by atoms with Gasteiger partial charge in [0.15, 0.2) is 5.78 Å². The number of aryl methyl sites for hydroxylation is 2. The average Bonchev–Trinajstić information content (AvgIpc) is 2.75. The first-order valence-corrected chi connectivity index (χ1v) is 6.77. The first-order chi connectivity index (χ1) is 8.58. The van der Waals surface area contributed by atoms with Crippen LogP contribution in [0.15, 0.2) is 45.9 Å². The van der Waals surface area contributed by atoms with Crippen LogP contribution in [0.25, 0.3) is 0 Å². The zero-order chi connectivity index (χ0) is 13.1. The van der Waals surface area contributed by atoms with Gasteiger partial charge >= 0.3 is 0 Å². The van der Waals surface area contributed by atoms with Crippen LogP contribution in [-0.2, 0) is 0 Å². The third kappa shape index (κ3) is 2.85. The standard InChI is InChI=1S/C15H16O2S/c1-10-4-6-13(7-5-10)15(16)12(3)18-14-8-9-17-11(14)2/h4-9,12H,1-3H3. The first kappa shape index (κ1) is 13.0. The molecular weight excluding hydrogens is 244 g/mol. The van der Waals surface area contributed by atoms with Gasteiger partial charge in [0.25, 0.3) is 0 Å². The Labute approximate surface area is 111 Å². The number of hydrogen-bond donors (Lipinski definition) is 0. The maximum atomic E-state index is 12.2. The molecule has 1 heterocycles. The zero-order valence-electron chi connectivity index (χ0n) is 10.8. The Morgan fingerprint density at radius 2 is 1.83 bits per heavy atom. The van der Waals surface area contributed by atoms with Crippen LogP contribution in [0.3, 0.4) is 0 Å². The third-order valence-electron chi connectivity index (χ3n) is 2.82. The molecule has 0 aliphatic carbocycles. The van der Waals surface area contributed by atoms with Gasteiger partial charge in [0.2, 0.25) is 0 Å². The Bertz CT molecular complexity index is 540. The lowest BCUT2D eigenvalue weighted by Crippen LogP contribution is -2.13. The lowest BCUT2D eigenvalue weighted by atomic mass is 10.1. The van der Waals surface area contributed by atoms with Crippen LogP contribution in [0.4, 0.5) is 0 Å². The van der Waals surface area contributed by atoms with E-state index in [1.165, 1.54) is 0 Å². The van der Waals surface area contributed by atoms with Gasteiger partial charge in [0.1, 0.15) is 5.76 Å². The fourth-order valence-corrected chi connectivity index (χ4v) is 2.66. The van der Waals surface area contributed by atoms with E-state index in [1.54, 1.807) is 18.0 Å². The van der Waals surface area contributed by atoms with Gasteiger partial charge in [-0.3, -0.25) is 4.79 Å². The Morgan fingerprint density at radius 1 is 1.17 bits per heavy atom. The first-order valence-electron chi connectivity index (χ1n) is 5.89. The van der Waals surface area contributed by atoms with Crippen molar-refractivity contribution in [2.24, 2.45) is 0 Å². The Morgan fingerprint density at radius 3 is 2.39 bits per heavy atom. The average molecular weight is 260 g/mol. The van der Waals surface area contributed by atoms with Crippen molar-refractivity contribution in [3.8, 4) is 0 Å². The highest BCUT2D eigenvalue weighted by Crippen LogP contribution is 2.29. The SMILES string of the molecule is Cc1ccc(C(=O)C(C)Sc2ccoc2C)cc1. The number of ketones is 1. The molecule has 94 valence electrons. The van der Waals surface area contributed by atoms with Gasteiger partial charge < -0.3 is 4.42 Å². The van der Waals surface area contributed by atoms with Crippen LogP contribution in [0.5, 0.6) is 0 Å². The van der Waals surface area contributed by atoms with Crippen molar-refractivity contribution < 1.29 is 9.21 Å². The molecule has 18 heavy (non-hydrogen) atoms. The van der Waals surface area contributed by atoms with Gasteiger partial charge in [-0.15, -0.1) is 11.8 Å². The molecule has 0 radical (unpaired) electrons. The van der Waals surface area contributed by atoms with Crippen molar-refractivity contribution >= 4 is 17.5 Å². The summed E-state index contributed by atoms with van der Waals surface area (Å²) < 4.78 is 5.23. The summed E-state index contributed by atoms with van der Waals surface area (Å²) in [5.41, 5.74) is 1.93. The van der Waals surface area contributed by atoms with E-state index < -0.39 is 0 Å². The predicted octanol–water partition coefficient (Wildman–Crippen LogP) is 4.26. The van der Waals surface area contributed by atoms with Crippen molar-refractivity contribution in [1.29, 1.82) is 0 Å². The maximum absolute atomic E-state index is 12.2. The molecule has 0 fully saturated rings. The number of benzene rings is 1. The Balaban J connectivity index is 2.09. The monoisotopic (exact) mass is 260 g/mol. The van der Waals surface area contributed by atoms with Gasteiger partial charge in [-0.25, -0.2) is 0 Å². The molecule has 1 aromatic carbocycles. The van der Waals surface area contributed by atoms with Crippen molar-refractivity contribution in [2.45, 2.75) is 30.9 Å². The fraction of sp³-hybridized carbons (Fsp3) is 0.267. The summed E-state index contributed by atoms with van der Waals surface area (Å²) in [5.74, 6) is 1.02. The number of carbonyl (C=O) groups is 1. The molecule has 0 saturated heterocycles. The molecule has 2 rings (SSSR count). The topological polar surface area (TPSA) is 30.2 Å². The van der Waals surface area contributed by atoms with E-state index in [1.807, 2.05) is 51.1 Å². The summed E-state index contributed by atoms with van der Waals surface area (Å²) in [6.07, 6.45) is 1.65. The van der Waals surface area contributed by atoms with E-state index in [0.29, 0.717) is 0 Å². The second-order valence-electron chi connectivity index (χ2n) is 4.33. The molecule has 1 unspecified atom stereocenters. The lowest BCUT2D eigenvalue weighted by Gasteiger charge is -2.09. The minimum absolute atomic E-state index is 0.107. The summed E-state index contributed by atoms with van der Waals surface area (Å²) in [6.45, 7) is 5.85. The minimum Gasteiger partial charge on any atom is -0.468 e. The number of furan rings is 1. The normalized spacial score (nSPS) is 12.4. The number of thioether (sulfide) groups is 1. The minimum atomic E-state index is -0.107. The smallest absolute Gasteiger partial charge is 0.175 e. The van der Waals surface area contributed by atoms with Gasteiger partial charge in [-0.1, -0.05) is 29.8 Å². The number of hydrogen-bond acceptors (Lipinski definition) is 3. The van der Waals surface area contributed by atoms with E-state index >= 15 is 0 Å². The summed E-state index contributed by atoms with van der Waals surface area (Å²) >= 11 is 1.54. The molecular formula is C15H16O2S. The van der Waals surface area contributed by atoms with Crippen LogP contribution in [-0.4, -0.2) is 11.0 Å². The second-order valence-corrected chi connectivity index (χ2v) is 5.71. The van der Waals surface area contributed by atoms with Crippen molar-refractivity contribution in [3.05, 3.63) is 53.5 Å². The van der Waals surface area contributed by atoms with Crippen LogP contribution < -0.4 is 0 Å². The van der Waals surface area contributed by atoms with Crippen molar-refractivity contribution in [2.75, 3.05) is 0 Å². The molecule has 2 nitrogen and oxygen atoms in total. The van der Waals surface area contributed by atoms with Gasteiger partial charge in [0.05, 0.1) is 11.5 Å². The van der Waals surface area contributed by atoms with Gasteiger partial charge in [-0.05, 0) is 26.8 Å². The number of rotatable bonds is 4. The highest BCUT2D eigenvalue weighted by Gasteiger charge is 2.17. The fourth-order valence-electron chi connectivity index (χ4n) is 1.69. The van der Waals surface area contributed by atoms with E-state index in [9.17, 15) is 4.79 Å². The van der Waals surface area contributed by atoms with Crippen LogP contribution in [0.2, 0.25) is 0 Å². The molecule has 2 aromatic rings. The summed E-state index contributed by atoms with van der Waals surface area (Å²) in [4.78, 5) is 13.3. The van der Waals surface area contributed by atoms with Crippen LogP contribution in [0.1, 0.15) is 28.6 Å². The molecule has 0 N–H and O–H groups in total. The molecule has 0 amide bonds. The van der Waals surface area contributed by atoms with Crippen LogP contribution in [0, 0.1) is 13.8 Å². The predicted molar refractivity (Wildman–Crippen MR) is 74.3 cm³/mol. The van der Waals surface area contributed by atoms with E-state index in [0.717, 1.165) is 21.8 Å². The zero-order valence-corrected chi connectivity index (χ0v) is 11.6. The molecule has 0 bridgehead atoms. The molecule has 0 saturated carbocycles. The van der Waals surface area contributed by atoms with Crippen molar-refractivity contribution in [3.63, 3.8) is 0 Å². The van der Waals surface area contributed by atoms with E-state index in [4.69, 9.17) is 4.42 Å². The molecule has 1 atom stereocenters. The Kier molecular flexibility index (Phi) is 3.92. The number of Topliss-reactive ketones (excluding diaryl/α,β-unsaturated/α-hetero) is 1. The summed E-state index contributed by atoms with van der Waals surface area (Å²) in [7, 11) is 0. The Hall–Kier alpha value is -1.48. The molecule has 0 spiro atoms. The van der Waals surface area contributed by atoms with Gasteiger partial charge in [0, 0.05) is 10.5 Å².